The number of aliphatic imine (C=N–C) groups is 1. The van der Waals surface area contributed by atoms with Gasteiger partial charge in [-0.05, 0) is 64.2 Å². The van der Waals surface area contributed by atoms with Gasteiger partial charge in [0.25, 0.3) is 0 Å². The van der Waals surface area contributed by atoms with Crippen molar-refractivity contribution >= 4 is 6.34 Å². The first kappa shape index (κ1) is 38.0. The molecule has 1 aliphatic heterocycles. The number of nitrogens with zero attached hydrogens (tertiary/aromatic N) is 1. The fourth-order valence-corrected chi connectivity index (χ4v) is 6.21. The molecule has 0 spiro atoms. The van der Waals surface area contributed by atoms with Crippen molar-refractivity contribution in [2.75, 3.05) is 0 Å². The summed E-state index contributed by atoms with van der Waals surface area (Å²) in [7, 11) is 0. The first-order valence-electron chi connectivity index (χ1n) is 19.0. The molecule has 0 amide bonds. The average Bonchev–Trinajstić information content (AvgIpc) is 3.43. The maximum atomic E-state index is 4.77. The van der Waals surface area contributed by atoms with Gasteiger partial charge in [0.2, 0.25) is 0 Å². The summed E-state index contributed by atoms with van der Waals surface area (Å²) < 4.78 is 0. The van der Waals surface area contributed by atoms with Crippen molar-refractivity contribution in [1.82, 2.24) is 5.32 Å². The zero-order valence-electron chi connectivity index (χ0n) is 28.2. The highest BCUT2D eigenvalue weighted by Crippen LogP contribution is 2.20. The van der Waals surface area contributed by atoms with Gasteiger partial charge in [-0.25, -0.2) is 0 Å². The lowest BCUT2D eigenvalue weighted by atomic mass is 9.96. The van der Waals surface area contributed by atoms with Crippen LogP contribution in [0.15, 0.2) is 29.3 Å². The molecule has 0 bridgehead atoms. The average molecular weight is 571 g/mol. The normalized spacial score (nSPS) is 16.9. The van der Waals surface area contributed by atoms with E-state index in [0.717, 1.165) is 0 Å². The number of hydrogen-bond donors (Lipinski definition) is 1. The van der Waals surface area contributed by atoms with E-state index < -0.39 is 0 Å². The largest absolute Gasteiger partial charge is 0.372 e. The zero-order chi connectivity index (χ0) is 29.3. The highest BCUT2D eigenvalue weighted by Gasteiger charge is 2.22. The minimum Gasteiger partial charge on any atom is -0.372 e. The smallest absolute Gasteiger partial charge is 0.0831 e. The van der Waals surface area contributed by atoms with Crippen LogP contribution in [0, 0.1) is 0 Å². The number of rotatable bonds is 32. The van der Waals surface area contributed by atoms with E-state index in [4.69, 9.17) is 4.99 Å². The van der Waals surface area contributed by atoms with Crippen molar-refractivity contribution in [2.24, 2.45) is 4.99 Å². The maximum Gasteiger partial charge on any atom is 0.0831 e. The van der Waals surface area contributed by atoms with E-state index in [-0.39, 0.29) is 0 Å². The molecule has 2 nitrogen and oxygen atoms in total. The van der Waals surface area contributed by atoms with E-state index in [0.29, 0.717) is 12.1 Å². The second-order valence-corrected chi connectivity index (χ2v) is 13.1. The Kier molecular flexibility index (Phi) is 29.5. The van der Waals surface area contributed by atoms with Crippen LogP contribution < -0.4 is 5.32 Å². The lowest BCUT2D eigenvalue weighted by Crippen LogP contribution is -2.31. The van der Waals surface area contributed by atoms with Crippen LogP contribution in [0.4, 0.5) is 0 Å². The highest BCUT2D eigenvalue weighted by molar-refractivity contribution is 5.58. The Morgan fingerprint density at radius 2 is 0.780 bits per heavy atom. The summed E-state index contributed by atoms with van der Waals surface area (Å²) in [6, 6.07) is 1.14. The number of nitrogens with one attached hydrogen (secondary N) is 1. The summed E-state index contributed by atoms with van der Waals surface area (Å²) >= 11 is 0. The van der Waals surface area contributed by atoms with Crippen LogP contribution in [0.5, 0.6) is 0 Å². The molecule has 1 rings (SSSR count). The Morgan fingerprint density at radius 3 is 1.20 bits per heavy atom. The van der Waals surface area contributed by atoms with Gasteiger partial charge in [0.15, 0.2) is 0 Å². The van der Waals surface area contributed by atoms with Gasteiger partial charge in [-0.2, -0.15) is 0 Å². The van der Waals surface area contributed by atoms with Gasteiger partial charge in [0.1, 0.15) is 0 Å². The minimum atomic E-state index is 0.537. The molecule has 2 unspecified atom stereocenters. The standard InChI is InChI=1S/C39H74N2/c1-3-5-7-9-11-13-15-17-19-21-23-25-27-29-31-33-35-38-39(41-37-40-38)36-34-32-30-28-26-24-22-20-18-16-14-12-10-8-6-4-2/h17-20,37-39H,3-16,21-36H2,1-2H3,(H,40,41)/b19-17-,20-18-. The molecular formula is C39H74N2. The third-order valence-electron chi connectivity index (χ3n) is 9.06. The van der Waals surface area contributed by atoms with Gasteiger partial charge < -0.3 is 5.32 Å². The van der Waals surface area contributed by atoms with Crippen LogP contribution in [-0.4, -0.2) is 18.4 Å². The van der Waals surface area contributed by atoms with Crippen LogP contribution in [-0.2, 0) is 0 Å². The molecule has 41 heavy (non-hydrogen) atoms. The predicted octanol–water partition coefficient (Wildman–Crippen LogP) is 13.2. The van der Waals surface area contributed by atoms with Crippen LogP contribution in [0.2, 0.25) is 0 Å². The van der Waals surface area contributed by atoms with Crippen molar-refractivity contribution < 1.29 is 0 Å². The Labute approximate surface area is 259 Å². The Balaban J connectivity index is 1.83. The number of hydrogen-bond acceptors (Lipinski definition) is 2. The topological polar surface area (TPSA) is 24.4 Å². The van der Waals surface area contributed by atoms with Crippen LogP contribution in [0.1, 0.15) is 206 Å². The van der Waals surface area contributed by atoms with Gasteiger partial charge in [0.05, 0.1) is 12.4 Å². The minimum absolute atomic E-state index is 0.537. The molecule has 1 heterocycles. The predicted molar refractivity (Wildman–Crippen MR) is 187 cm³/mol. The first-order chi connectivity index (χ1) is 20.4. The molecule has 0 aromatic heterocycles. The summed E-state index contributed by atoms with van der Waals surface area (Å²) in [5.74, 6) is 0. The molecule has 1 aliphatic rings. The number of allylic oxidation sites excluding steroid dienone is 4. The van der Waals surface area contributed by atoms with Crippen molar-refractivity contribution in [2.45, 2.75) is 219 Å². The van der Waals surface area contributed by atoms with E-state index in [9.17, 15) is 0 Å². The van der Waals surface area contributed by atoms with Crippen molar-refractivity contribution in [3.8, 4) is 0 Å². The quantitative estimate of drug-likeness (QED) is 0.0631. The molecule has 240 valence electrons. The monoisotopic (exact) mass is 571 g/mol. The Morgan fingerprint density at radius 1 is 0.439 bits per heavy atom. The second kappa shape index (κ2) is 31.9. The zero-order valence-corrected chi connectivity index (χ0v) is 28.2. The lowest BCUT2D eigenvalue weighted by Gasteiger charge is -2.18. The third kappa shape index (κ3) is 26.3. The molecule has 0 radical (unpaired) electrons. The first-order valence-corrected chi connectivity index (χ1v) is 19.0. The number of unbranched alkanes of at least 4 members (excludes halogenated alkanes) is 24. The molecule has 2 heteroatoms. The third-order valence-corrected chi connectivity index (χ3v) is 9.06. The van der Waals surface area contributed by atoms with Gasteiger partial charge in [0, 0.05) is 6.04 Å². The Hall–Kier alpha value is -1.05. The van der Waals surface area contributed by atoms with E-state index >= 15 is 0 Å². The second-order valence-electron chi connectivity index (χ2n) is 13.1. The van der Waals surface area contributed by atoms with Gasteiger partial charge in [-0.1, -0.05) is 167 Å². The van der Waals surface area contributed by atoms with Crippen LogP contribution in [0.3, 0.4) is 0 Å². The summed E-state index contributed by atoms with van der Waals surface area (Å²) in [5.41, 5.74) is 0. The fourth-order valence-electron chi connectivity index (χ4n) is 6.21. The van der Waals surface area contributed by atoms with Gasteiger partial charge in [-0.15, -0.1) is 0 Å². The van der Waals surface area contributed by atoms with E-state index in [2.05, 4.69) is 43.5 Å². The molecule has 0 aromatic rings. The summed E-state index contributed by atoms with van der Waals surface area (Å²) in [4.78, 5) is 4.77. The van der Waals surface area contributed by atoms with Crippen molar-refractivity contribution in [3.05, 3.63) is 24.3 Å². The van der Waals surface area contributed by atoms with Crippen LogP contribution in [0.25, 0.3) is 0 Å². The van der Waals surface area contributed by atoms with Crippen LogP contribution >= 0.6 is 0 Å². The van der Waals surface area contributed by atoms with Gasteiger partial charge in [-0.3, -0.25) is 4.99 Å². The van der Waals surface area contributed by atoms with E-state index in [1.165, 1.54) is 193 Å². The summed E-state index contributed by atoms with van der Waals surface area (Å²) in [5, 5.41) is 3.56. The van der Waals surface area contributed by atoms with Crippen molar-refractivity contribution in [3.63, 3.8) is 0 Å². The molecule has 1 N–H and O–H groups in total. The summed E-state index contributed by atoms with van der Waals surface area (Å²) in [6.45, 7) is 4.59. The van der Waals surface area contributed by atoms with Crippen molar-refractivity contribution in [1.29, 1.82) is 0 Å². The molecule has 0 aliphatic carbocycles. The molecule has 0 fully saturated rings. The van der Waals surface area contributed by atoms with Gasteiger partial charge >= 0.3 is 0 Å². The fraction of sp³-hybridized carbons (Fsp3) is 0.872. The molecular weight excluding hydrogens is 496 g/mol. The van der Waals surface area contributed by atoms with E-state index in [1.54, 1.807) is 0 Å². The molecule has 0 saturated carbocycles. The van der Waals surface area contributed by atoms with E-state index in [1.807, 2.05) is 6.34 Å². The lowest BCUT2D eigenvalue weighted by molar-refractivity contribution is 0.429. The molecule has 0 aromatic carbocycles. The maximum absolute atomic E-state index is 4.77. The summed E-state index contributed by atoms with van der Waals surface area (Å²) in [6.07, 6.45) is 53.1. The SMILES string of the molecule is CCCCCCCC/C=C\CCCCCCCCC1N=CNC1CCCCCCCC/C=C\CCCCCCCC. The molecule has 0 saturated heterocycles. The molecule has 2 atom stereocenters. The highest BCUT2D eigenvalue weighted by atomic mass is 15.1. The Bertz CT molecular complexity index is 592.